The van der Waals surface area contributed by atoms with Gasteiger partial charge in [0, 0.05) is 0 Å². The van der Waals surface area contributed by atoms with Gasteiger partial charge in [-0.2, -0.15) is 0 Å². The fraction of sp³-hybridized carbons (Fsp3) is 0.727. The fourth-order valence-corrected chi connectivity index (χ4v) is 1.48. The predicted octanol–water partition coefficient (Wildman–Crippen LogP) is 2.71. The van der Waals surface area contributed by atoms with E-state index in [0.29, 0.717) is 5.92 Å². The van der Waals surface area contributed by atoms with Gasteiger partial charge in [-0.05, 0) is 0 Å². The summed E-state index contributed by atoms with van der Waals surface area (Å²) in [5.74, 6) is 1.40. The zero-order valence-electron chi connectivity index (χ0n) is 8.98. The van der Waals surface area contributed by atoms with Crippen LogP contribution < -0.4 is 0 Å². The van der Waals surface area contributed by atoms with E-state index in [1.807, 2.05) is 0 Å². The molecular formula is C11H21B. The third-order valence-electron chi connectivity index (χ3n) is 2.29. The Hall–Kier alpha value is -0.325. The molecule has 0 saturated carbocycles. The van der Waals surface area contributed by atoms with Gasteiger partial charge in [-0.1, -0.05) is 0 Å². The SMILES string of the molecule is B=C(C)CC(C)CC(C)C(=C)C. The molecule has 2 unspecified atom stereocenters. The van der Waals surface area contributed by atoms with Crippen LogP contribution in [0, 0.1) is 11.8 Å². The quantitative estimate of drug-likeness (QED) is 0.433. The van der Waals surface area contributed by atoms with E-state index >= 15 is 0 Å². The van der Waals surface area contributed by atoms with Crippen LogP contribution in [0.3, 0.4) is 0 Å². The van der Waals surface area contributed by atoms with Crippen LogP contribution >= 0.6 is 0 Å². The van der Waals surface area contributed by atoms with Crippen molar-refractivity contribution in [2.45, 2.75) is 40.5 Å². The average Bonchev–Trinajstić information content (AvgIpc) is 1.84. The average molecular weight is 164 g/mol. The molecule has 0 N–H and O–H groups in total. The molecule has 0 aliphatic rings. The van der Waals surface area contributed by atoms with E-state index in [9.17, 15) is 0 Å². The van der Waals surface area contributed by atoms with E-state index in [4.69, 9.17) is 0 Å². The molecule has 0 saturated heterocycles. The molecule has 0 nitrogen and oxygen atoms in total. The van der Waals surface area contributed by atoms with Crippen molar-refractivity contribution in [3.8, 4) is 0 Å². The zero-order valence-corrected chi connectivity index (χ0v) is 8.98. The molecule has 0 heterocycles. The van der Waals surface area contributed by atoms with E-state index in [-0.39, 0.29) is 0 Å². The van der Waals surface area contributed by atoms with E-state index < -0.39 is 0 Å². The van der Waals surface area contributed by atoms with Crippen LogP contribution in [0.4, 0.5) is 0 Å². The second-order valence-electron chi connectivity index (χ2n) is 4.25. The van der Waals surface area contributed by atoms with E-state index in [1.165, 1.54) is 17.5 Å². The Bertz CT molecular complexity index is 170. The van der Waals surface area contributed by atoms with Gasteiger partial charge in [-0.25, -0.2) is 0 Å². The van der Waals surface area contributed by atoms with Gasteiger partial charge < -0.3 is 0 Å². The Kier molecular flexibility index (Phi) is 5.20. The minimum atomic E-state index is 0.652. The summed E-state index contributed by atoms with van der Waals surface area (Å²) in [6.07, 6.45) is 2.39. The molecule has 0 aliphatic carbocycles. The molecule has 0 fully saturated rings. The molecule has 0 aromatic heterocycles. The van der Waals surface area contributed by atoms with Crippen molar-refractivity contribution in [1.82, 2.24) is 0 Å². The van der Waals surface area contributed by atoms with Crippen LogP contribution in [0.1, 0.15) is 40.5 Å². The number of hydrogen-bond donors (Lipinski definition) is 0. The molecule has 68 valence electrons. The molecule has 0 radical (unpaired) electrons. The maximum atomic E-state index is 3.96. The van der Waals surface area contributed by atoms with Crippen molar-refractivity contribution < 1.29 is 0 Å². The second-order valence-corrected chi connectivity index (χ2v) is 4.25. The standard InChI is InChI=1S/C11H21B/c1-8(2)10(4)6-9(3)7-11(5)12/h9-10,12H,1,6-7H2,2-5H3. The van der Waals surface area contributed by atoms with Crippen molar-refractivity contribution >= 4 is 13.0 Å². The number of hydrogen-bond acceptors (Lipinski definition) is 0. The van der Waals surface area contributed by atoms with Crippen molar-refractivity contribution in [3.63, 3.8) is 0 Å². The monoisotopic (exact) mass is 164 g/mol. The van der Waals surface area contributed by atoms with Crippen LogP contribution in [0.25, 0.3) is 0 Å². The van der Waals surface area contributed by atoms with E-state index in [1.54, 1.807) is 0 Å². The summed E-state index contributed by atoms with van der Waals surface area (Å²) in [6, 6.07) is 0. The van der Waals surface area contributed by atoms with Gasteiger partial charge >= 0.3 is 77.5 Å². The van der Waals surface area contributed by atoms with Gasteiger partial charge in [-0.15, -0.1) is 0 Å². The molecule has 0 aliphatic heterocycles. The zero-order chi connectivity index (χ0) is 9.72. The summed E-state index contributed by atoms with van der Waals surface area (Å²) >= 11 is 0. The van der Waals surface area contributed by atoms with E-state index in [2.05, 4.69) is 41.8 Å². The Morgan fingerprint density at radius 3 is 2.17 bits per heavy atom. The molecule has 0 bridgehead atoms. The van der Waals surface area contributed by atoms with Gasteiger partial charge in [0.05, 0.1) is 0 Å². The first-order valence-corrected chi connectivity index (χ1v) is 4.73. The van der Waals surface area contributed by atoms with Gasteiger partial charge in [0.2, 0.25) is 0 Å². The van der Waals surface area contributed by atoms with Gasteiger partial charge in [0.25, 0.3) is 0 Å². The molecule has 0 spiro atoms. The fourth-order valence-electron chi connectivity index (χ4n) is 1.48. The van der Waals surface area contributed by atoms with Crippen molar-refractivity contribution in [2.75, 3.05) is 0 Å². The maximum absolute atomic E-state index is 3.96. The Balaban J connectivity index is 3.76. The second kappa shape index (κ2) is 5.34. The minimum absolute atomic E-state index is 0.652. The summed E-state index contributed by atoms with van der Waals surface area (Å²) in [7, 11) is 3.92. The molecule has 0 aromatic carbocycles. The van der Waals surface area contributed by atoms with Crippen LogP contribution in [-0.2, 0) is 0 Å². The van der Waals surface area contributed by atoms with Crippen LogP contribution in [0.2, 0.25) is 0 Å². The summed E-state index contributed by atoms with van der Waals surface area (Å²) in [6.45, 7) is 12.7. The van der Waals surface area contributed by atoms with Gasteiger partial charge in [0.15, 0.2) is 0 Å². The third-order valence-corrected chi connectivity index (χ3v) is 2.29. The Morgan fingerprint density at radius 2 is 1.83 bits per heavy atom. The molecule has 2 atom stereocenters. The molecule has 0 aromatic rings. The molecule has 1 heteroatoms. The van der Waals surface area contributed by atoms with Crippen molar-refractivity contribution in [1.29, 1.82) is 0 Å². The first-order chi connectivity index (χ1) is 5.43. The molecular weight excluding hydrogens is 143 g/mol. The Morgan fingerprint density at radius 1 is 1.33 bits per heavy atom. The Labute approximate surface area is 78.1 Å². The van der Waals surface area contributed by atoms with E-state index in [0.717, 1.165) is 12.3 Å². The summed E-state index contributed by atoms with van der Waals surface area (Å²) in [5.41, 5.74) is 2.58. The van der Waals surface area contributed by atoms with Gasteiger partial charge in [-0.3, -0.25) is 0 Å². The molecule has 0 rings (SSSR count). The normalized spacial score (nSPS) is 15.2. The topological polar surface area (TPSA) is 0 Å². The number of allylic oxidation sites excluding steroid dienone is 1. The summed E-state index contributed by atoms with van der Waals surface area (Å²) < 4.78 is 0. The van der Waals surface area contributed by atoms with Crippen molar-refractivity contribution in [2.24, 2.45) is 11.8 Å². The summed E-state index contributed by atoms with van der Waals surface area (Å²) in [4.78, 5) is 0. The van der Waals surface area contributed by atoms with Crippen LogP contribution in [0.5, 0.6) is 0 Å². The molecule has 0 amide bonds. The predicted molar refractivity (Wildman–Crippen MR) is 60.2 cm³/mol. The molecule has 12 heavy (non-hydrogen) atoms. The van der Waals surface area contributed by atoms with Crippen molar-refractivity contribution in [3.05, 3.63) is 12.2 Å². The summed E-state index contributed by atoms with van der Waals surface area (Å²) in [5, 5.41) is 0. The van der Waals surface area contributed by atoms with Crippen LogP contribution in [-0.4, -0.2) is 13.0 Å². The number of rotatable bonds is 5. The van der Waals surface area contributed by atoms with Gasteiger partial charge in [0.1, 0.15) is 0 Å². The third kappa shape index (κ3) is 5.34. The van der Waals surface area contributed by atoms with Crippen LogP contribution in [0.15, 0.2) is 12.2 Å². The first-order valence-electron chi connectivity index (χ1n) is 4.73. The first kappa shape index (κ1) is 11.7.